The Bertz CT molecular complexity index is 1310. The molecule has 0 bridgehead atoms. The second-order valence-electron chi connectivity index (χ2n) is 7.34. The molecule has 7 heteroatoms. The highest BCUT2D eigenvalue weighted by molar-refractivity contribution is 6.02. The molecular weight excluding hydrogens is 433 g/mol. The maximum Gasteiger partial charge on any atom is 0.338 e. The van der Waals surface area contributed by atoms with E-state index < -0.39 is 5.97 Å². The van der Waals surface area contributed by atoms with Crippen molar-refractivity contribution in [3.05, 3.63) is 108 Å². The number of amides is 1. The van der Waals surface area contributed by atoms with Crippen molar-refractivity contribution in [2.75, 3.05) is 11.9 Å². The molecule has 4 aromatic rings. The smallest absolute Gasteiger partial charge is 0.338 e. The molecule has 0 fully saturated rings. The highest BCUT2D eigenvalue weighted by Gasteiger charge is 2.12. The third-order valence-electron chi connectivity index (χ3n) is 4.96. The molecule has 4 rings (SSSR count). The molecular formula is C27H22FN3O3. The Balaban J connectivity index is 1.55. The second-order valence-corrected chi connectivity index (χ2v) is 7.34. The molecule has 1 heterocycles. The SMILES string of the molecule is CCOC(=O)c1ccc(NC(=O)C=Cc2cn(-c3ccccc3)nc2-c2ccc(F)cc2)cc1. The highest BCUT2D eigenvalue weighted by atomic mass is 19.1. The molecule has 0 aliphatic heterocycles. The number of halogens is 1. The van der Waals surface area contributed by atoms with Crippen LogP contribution >= 0.6 is 0 Å². The van der Waals surface area contributed by atoms with E-state index in [1.54, 1.807) is 54.1 Å². The molecule has 3 aromatic carbocycles. The average molecular weight is 455 g/mol. The number of benzene rings is 3. The number of hydrogen-bond donors (Lipinski definition) is 1. The zero-order valence-electron chi connectivity index (χ0n) is 18.4. The van der Waals surface area contributed by atoms with Gasteiger partial charge in [-0.3, -0.25) is 4.79 Å². The molecule has 0 saturated carbocycles. The van der Waals surface area contributed by atoms with Gasteiger partial charge in [-0.15, -0.1) is 0 Å². The number of para-hydroxylation sites is 1. The standard InChI is InChI=1S/C27H22FN3O3/c1-2-34-27(33)20-10-15-23(16-11-20)29-25(32)17-12-21-18-31(24-6-4-3-5-7-24)30-26(21)19-8-13-22(28)14-9-19/h3-18H,2H2,1H3,(H,29,32). The second kappa shape index (κ2) is 10.4. The predicted molar refractivity (Wildman–Crippen MR) is 129 cm³/mol. The van der Waals surface area contributed by atoms with E-state index in [1.807, 2.05) is 36.5 Å². The van der Waals surface area contributed by atoms with Crippen molar-refractivity contribution < 1.29 is 18.7 Å². The first-order chi connectivity index (χ1) is 16.5. The van der Waals surface area contributed by atoms with Crippen LogP contribution in [0.3, 0.4) is 0 Å². The summed E-state index contributed by atoms with van der Waals surface area (Å²) in [6.45, 7) is 2.03. The van der Waals surface area contributed by atoms with Gasteiger partial charge in [0.15, 0.2) is 0 Å². The Morgan fingerprint density at radius 2 is 1.71 bits per heavy atom. The minimum Gasteiger partial charge on any atom is -0.462 e. The Labute approximate surface area is 196 Å². The number of anilines is 1. The molecule has 0 aliphatic carbocycles. The number of carbonyl (C=O) groups is 2. The van der Waals surface area contributed by atoms with Gasteiger partial charge in [0.1, 0.15) is 5.82 Å². The maximum absolute atomic E-state index is 13.4. The van der Waals surface area contributed by atoms with Crippen LogP contribution < -0.4 is 5.32 Å². The molecule has 1 aromatic heterocycles. The van der Waals surface area contributed by atoms with Crippen LogP contribution in [0, 0.1) is 5.82 Å². The van der Waals surface area contributed by atoms with Gasteiger partial charge in [0.25, 0.3) is 0 Å². The van der Waals surface area contributed by atoms with Crippen molar-refractivity contribution in [3.63, 3.8) is 0 Å². The fraction of sp³-hybridized carbons (Fsp3) is 0.0741. The Hall–Kier alpha value is -4.52. The number of carbonyl (C=O) groups excluding carboxylic acids is 2. The monoisotopic (exact) mass is 455 g/mol. The lowest BCUT2D eigenvalue weighted by atomic mass is 10.1. The molecule has 0 unspecified atom stereocenters. The summed E-state index contributed by atoms with van der Waals surface area (Å²) in [4.78, 5) is 24.3. The lowest BCUT2D eigenvalue weighted by Crippen LogP contribution is -2.08. The third-order valence-corrected chi connectivity index (χ3v) is 4.96. The molecule has 0 spiro atoms. The minimum atomic E-state index is -0.413. The van der Waals surface area contributed by atoms with Gasteiger partial charge in [-0.05, 0) is 73.7 Å². The maximum atomic E-state index is 13.4. The fourth-order valence-electron chi connectivity index (χ4n) is 3.31. The number of nitrogens with zero attached hydrogens (tertiary/aromatic N) is 2. The molecule has 34 heavy (non-hydrogen) atoms. The number of esters is 1. The van der Waals surface area contributed by atoms with Crippen molar-refractivity contribution in [2.45, 2.75) is 6.92 Å². The first kappa shape index (κ1) is 22.7. The van der Waals surface area contributed by atoms with Crippen molar-refractivity contribution in [2.24, 2.45) is 0 Å². The summed E-state index contributed by atoms with van der Waals surface area (Å²) < 4.78 is 20.1. The molecule has 170 valence electrons. The van der Waals surface area contributed by atoms with Gasteiger partial charge in [-0.1, -0.05) is 18.2 Å². The van der Waals surface area contributed by atoms with Crippen molar-refractivity contribution >= 4 is 23.6 Å². The van der Waals surface area contributed by atoms with Crippen LogP contribution in [0.1, 0.15) is 22.8 Å². The number of aromatic nitrogens is 2. The number of nitrogens with one attached hydrogen (secondary N) is 1. The number of ether oxygens (including phenoxy) is 1. The van der Waals surface area contributed by atoms with Crippen LogP contribution in [-0.4, -0.2) is 28.3 Å². The van der Waals surface area contributed by atoms with Crippen LogP contribution in [0.15, 0.2) is 91.1 Å². The van der Waals surface area contributed by atoms with E-state index in [1.165, 1.54) is 18.2 Å². The Morgan fingerprint density at radius 3 is 2.38 bits per heavy atom. The molecule has 1 amide bonds. The summed E-state index contributed by atoms with van der Waals surface area (Å²) in [5, 5.41) is 7.41. The molecule has 6 nitrogen and oxygen atoms in total. The van der Waals surface area contributed by atoms with Gasteiger partial charge in [0.05, 0.1) is 23.6 Å². The zero-order chi connectivity index (χ0) is 23.9. The normalized spacial score (nSPS) is 10.9. The molecule has 0 aliphatic rings. The van der Waals surface area contributed by atoms with Gasteiger partial charge >= 0.3 is 5.97 Å². The van der Waals surface area contributed by atoms with Crippen LogP contribution in [-0.2, 0) is 9.53 Å². The first-order valence-corrected chi connectivity index (χ1v) is 10.7. The summed E-state index contributed by atoms with van der Waals surface area (Å²) in [7, 11) is 0. The van der Waals surface area contributed by atoms with E-state index in [2.05, 4.69) is 10.4 Å². The van der Waals surface area contributed by atoms with Gasteiger partial charge in [-0.25, -0.2) is 13.9 Å². The van der Waals surface area contributed by atoms with Crippen LogP contribution in [0.25, 0.3) is 23.0 Å². The van der Waals surface area contributed by atoms with Gasteiger partial charge < -0.3 is 10.1 Å². The average Bonchev–Trinajstić information content (AvgIpc) is 3.29. The van der Waals surface area contributed by atoms with Crippen molar-refractivity contribution in [1.29, 1.82) is 0 Å². The van der Waals surface area contributed by atoms with Crippen molar-refractivity contribution in [3.8, 4) is 16.9 Å². The van der Waals surface area contributed by atoms with E-state index in [4.69, 9.17) is 4.74 Å². The summed E-state index contributed by atoms with van der Waals surface area (Å²) in [6.07, 6.45) is 4.87. The summed E-state index contributed by atoms with van der Waals surface area (Å²) in [6, 6.07) is 22.1. The summed E-state index contributed by atoms with van der Waals surface area (Å²) in [5.74, 6) is -1.10. The van der Waals surface area contributed by atoms with E-state index in [-0.39, 0.29) is 11.7 Å². The Morgan fingerprint density at radius 1 is 1.00 bits per heavy atom. The fourth-order valence-corrected chi connectivity index (χ4v) is 3.31. The van der Waals surface area contributed by atoms with Gasteiger partial charge in [0.2, 0.25) is 5.91 Å². The van der Waals surface area contributed by atoms with Crippen molar-refractivity contribution in [1.82, 2.24) is 9.78 Å². The number of rotatable bonds is 7. The molecule has 0 atom stereocenters. The van der Waals surface area contributed by atoms with Crippen LogP contribution in [0.5, 0.6) is 0 Å². The van der Waals surface area contributed by atoms with Gasteiger partial charge in [-0.2, -0.15) is 5.10 Å². The number of hydrogen-bond acceptors (Lipinski definition) is 4. The third kappa shape index (κ3) is 5.45. The topological polar surface area (TPSA) is 73.2 Å². The van der Waals surface area contributed by atoms with Crippen LogP contribution in [0.2, 0.25) is 0 Å². The molecule has 0 radical (unpaired) electrons. The molecule has 1 N–H and O–H groups in total. The highest BCUT2D eigenvalue weighted by Crippen LogP contribution is 2.25. The van der Waals surface area contributed by atoms with E-state index in [0.717, 1.165) is 11.3 Å². The lowest BCUT2D eigenvalue weighted by molar-refractivity contribution is -0.111. The Kier molecular flexibility index (Phi) is 6.93. The quantitative estimate of drug-likeness (QED) is 0.295. The summed E-state index contributed by atoms with van der Waals surface area (Å²) >= 11 is 0. The van der Waals surface area contributed by atoms with Crippen LogP contribution in [0.4, 0.5) is 10.1 Å². The molecule has 0 saturated heterocycles. The lowest BCUT2D eigenvalue weighted by Gasteiger charge is -2.04. The van der Waals surface area contributed by atoms with E-state index in [0.29, 0.717) is 29.1 Å². The first-order valence-electron chi connectivity index (χ1n) is 10.7. The minimum absolute atomic E-state index is 0.295. The zero-order valence-corrected chi connectivity index (χ0v) is 18.4. The largest absolute Gasteiger partial charge is 0.462 e. The predicted octanol–water partition coefficient (Wildman–Crippen LogP) is 5.51. The summed E-state index contributed by atoms with van der Waals surface area (Å²) in [5.41, 5.74) is 3.85. The van der Waals surface area contributed by atoms with E-state index in [9.17, 15) is 14.0 Å². The van der Waals surface area contributed by atoms with E-state index >= 15 is 0 Å². The van der Waals surface area contributed by atoms with Gasteiger partial charge in [0, 0.05) is 29.1 Å².